The molecule has 104 valence electrons. The number of benzene rings is 2. The summed E-state index contributed by atoms with van der Waals surface area (Å²) in [5.74, 6) is -0.0553. The Morgan fingerprint density at radius 1 is 1.15 bits per heavy atom. The zero-order valence-corrected chi connectivity index (χ0v) is 13.4. The lowest BCUT2D eigenvalue weighted by molar-refractivity contribution is 0.0992. The van der Waals surface area contributed by atoms with Gasteiger partial charge in [-0.1, -0.05) is 33.6 Å². The standard InChI is InChI=1S/C16H17BrN2O/c1-10-4-5-11(2)13(8-10)16(20)19(3)15-7-6-12(17)9-14(15)18/h4-9H,18H2,1-3H3. The molecule has 0 aliphatic carbocycles. The van der Waals surface area contributed by atoms with Crippen LogP contribution in [0.4, 0.5) is 11.4 Å². The van der Waals surface area contributed by atoms with Crippen molar-refractivity contribution in [2.45, 2.75) is 13.8 Å². The Morgan fingerprint density at radius 3 is 2.50 bits per heavy atom. The van der Waals surface area contributed by atoms with Crippen LogP contribution in [0.15, 0.2) is 40.9 Å². The monoisotopic (exact) mass is 332 g/mol. The van der Waals surface area contributed by atoms with Crippen molar-refractivity contribution in [3.8, 4) is 0 Å². The smallest absolute Gasteiger partial charge is 0.258 e. The third kappa shape index (κ3) is 2.85. The number of carbonyl (C=O) groups is 1. The lowest BCUT2D eigenvalue weighted by atomic mass is 10.0. The van der Waals surface area contributed by atoms with Gasteiger partial charge in [0.1, 0.15) is 0 Å². The molecule has 2 aromatic carbocycles. The van der Waals surface area contributed by atoms with E-state index in [9.17, 15) is 4.79 Å². The van der Waals surface area contributed by atoms with E-state index in [0.29, 0.717) is 16.9 Å². The third-order valence-electron chi connectivity index (χ3n) is 3.28. The minimum Gasteiger partial charge on any atom is -0.397 e. The van der Waals surface area contributed by atoms with Crippen LogP contribution in [0.2, 0.25) is 0 Å². The number of aryl methyl sites for hydroxylation is 2. The summed E-state index contributed by atoms with van der Waals surface area (Å²) in [5, 5.41) is 0. The maximum absolute atomic E-state index is 12.6. The lowest BCUT2D eigenvalue weighted by Crippen LogP contribution is -2.27. The van der Waals surface area contributed by atoms with Gasteiger partial charge in [0.05, 0.1) is 11.4 Å². The highest BCUT2D eigenvalue weighted by Crippen LogP contribution is 2.27. The molecule has 2 aromatic rings. The molecule has 2 N–H and O–H groups in total. The molecular formula is C16H17BrN2O. The van der Waals surface area contributed by atoms with Gasteiger partial charge in [0.15, 0.2) is 0 Å². The van der Waals surface area contributed by atoms with Crippen LogP contribution < -0.4 is 10.6 Å². The summed E-state index contributed by atoms with van der Waals surface area (Å²) in [4.78, 5) is 14.2. The number of nitrogen functional groups attached to an aromatic ring is 1. The number of hydrogen-bond acceptors (Lipinski definition) is 2. The van der Waals surface area contributed by atoms with E-state index < -0.39 is 0 Å². The summed E-state index contributed by atoms with van der Waals surface area (Å²) in [5.41, 5.74) is 9.99. The van der Waals surface area contributed by atoms with Crippen LogP contribution in [0.3, 0.4) is 0 Å². The van der Waals surface area contributed by atoms with E-state index in [0.717, 1.165) is 15.6 Å². The summed E-state index contributed by atoms with van der Waals surface area (Å²) in [6.07, 6.45) is 0. The van der Waals surface area contributed by atoms with E-state index in [1.165, 1.54) is 0 Å². The number of carbonyl (C=O) groups excluding carboxylic acids is 1. The molecule has 0 atom stereocenters. The first kappa shape index (κ1) is 14.6. The molecular weight excluding hydrogens is 316 g/mol. The number of anilines is 2. The number of amides is 1. The van der Waals surface area contributed by atoms with Gasteiger partial charge in [-0.15, -0.1) is 0 Å². The molecule has 1 amide bonds. The van der Waals surface area contributed by atoms with Gasteiger partial charge in [-0.25, -0.2) is 0 Å². The Labute approximate surface area is 127 Å². The fraction of sp³-hybridized carbons (Fsp3) is 0.188. The van der Waals surface area contributed by atoms with E-state index in [-0.39, 0.29) is 5.91 Å². The van der Waals surface area contributed by atoms with Gasteiger partial charge < -0.3 is 10.6 Å². The first-order valence-corrected chi connectivity index (χ1v) is 7.10. The molecule has 0 fully saturated rings. The van der Waals surface area contributed by atoms with Gasteiger partial charge >= 0.3 is 0 Å². The van der Waals surface area contributed by atoms with Crippen molar-refractivity contribution < 1.29 is 4.79 Å². The summed E-state index contributed by atoms with van der Waals surface area (Å²) in [6, 6.07) is 11.4. The number of halogens is 1. The quantitative estimate of drug-likeness (QED) is 0.847. The number of hydrogen-bond donors (Lipinski definition) is 1. The third-order valence-corrected chi connectivity index (χ3v) is 3.77. The molecule has 0 aliphatic rings. The first-order chi connectivity index (χ1) is 9.40. The van der Waals surface area contributed by atoms with Crippen molar-refractivity contribution in [1.82, 2.24) is 0 Å². The predicted molar refractivity (Wildman–Crippen MR) is 87.2 cm³/mol. The summed E-state index contributed by atoms with van der Waals surface area (Å²) >= 11 is 3.37. The average molecular weight is 333 g/mol. The van der Waals surface area contributed by atoms with Gasteiger partial charge in [-0.3, -0.25) is 4.79 Å². The Bertz CT molecular complexity index is 668. The van der Waals surface area contributed by atoms with Gasteiger partial charge in [-0.2, -0.15) is 0 Å². The highest BCUT2D eigenvalue weighted by Gasteiger charge is 2.17. The molecule has 0 saturated heterocycles. The molecule has 0 saturated carbocycles. The highest BCUT2D eigenvalue weighted by atomic mass is 79.9. The number of nitrogens with zero attached hydrogens (tertiary/aromatic N) is 1. The highest BCUT2D eigenvalue weighted by molar-refractivity contribution is 9.10. The molecule has 0 radical (unpaired) electrons. The van der Waals surface area contributed by atoms with Gasteiger partial charge in [-0.05, 0) is 43.7 Å². The van der Waals surface area contributed by atoms with Crippen LogP contribution in [0, 0.1) is 13.8 Å². The normalized spacial score (nSPS) is 10.4. The Balaban J connectivity index is 2.40. The number of nitrogens with two attached hydrogens (primary N) is 1. The van der Waals surface area contributed by atoms with E-state index in [1.807, 2.05) is 44.2 Å². The molecule has 3 nitrogen and oxygen atoms in total. The Kier molecular flexibility index (Phi) is 4.14. The SMILES string of the molecule is Cc1ccc(C)c(C(=O)N(C)c2ccc(Br)cc2N)c1. The largest absolute Gasteiger partial charge is 0.397 e. The van der Waals surface area contributed by atoms with Crippen molar-refractivity contribution in [1.29, 1.82) is 0 Å². The maximum Gasteiger partial charge on any atom is 0.258 e. The van der Waals surface area contributed by atoms with Crippen molar-refractivity contribution in [2.24, 2.45) is 0 Å². The van der Waals surface area contributed by atoms with Crippen LogP contribution in [-0.4, -0.2) is 13.0 Å². The van der Waals surface area contributed by atoms with Crippen LogP contribution in [-0.2, 0) is 0 Å². The van der Waals surface area contributed by atoms with Gasteiger partial charge in [0.2, 0.25) is 0 Å². The van der Waals surface area contributed by atoms with Crippen molar-refractivity contribution >= 4 is 33.2 Å². The second kappa shape index (κ2) is 5.67. The second-order valence-electron chi connectivity index (χ2n) is 4.89. The summed E-state index contributed by atoms with van der Waals surface area (Å²) in [7, 11) is 1.74. The molecule has 0 spiro atoms. The molecule has 0 heterocycles. The van der Waals surface area contributed by atoms with Crippen LogP contribution in [0.25, 0.3) is 0 Å². The molecule has 0 bridgehead atoms. The molecule has 4 heteroatoms. The van der Waals surface area contributed by atoms with Crippen LogP contribution >= 0.6 is 15.9 Å². The zero-order chi connectivity index (χ0) is 14.9. The minimum absolute atomic E-state index is 0.0553. The summed E-state index contributed by atoms with van der Waals surface area (Å²) < 4.78 is 0.895. The molecule has 0 unspecified atom stereocenters. The van der Waals surface area contributed by atoms with Gasteiger partial charge in [0.25, 0.3) is 5.91 Å². The second-order valence-corrected chi connectivity index (χ2v) is 5.80. The van der Waals surface area contributed by atoms with E-state index in [1.54, 1.807) is 18.0 Å². The fourth-order valence-corrected chi connectivity index (χ4v) is 2.47. The minimum atomic E-state index is -0.0553. The number of rotatable bonds is 2. The summed E-state index contributed by atoms with van der Waals surface area (Å²) in [6.45, 7) is 3.91. The lowest BCUT2D eigenvalue weighted by Gasteiger charge is -2.20. The van der Waals surface area contributed by atoms with E-state index >= 15 is 0 Å². The topological polar surface area (TPSA) is 46.3 Å². The maximum atomic E-state index is 12.6. The van der Waals surface area contributed by atoms with Crippen molar-refractivity contribution in [2.75, 3.05) is 17.7 Å². The predicted octanol–water partition coefficient (Wildman–Crippen LogP) is 3.92. The molecule has 0 aromatic heterocycles. The fourth-order valence-electron chi connectivity index (χ4n) is 2.09. The Hall–Kier alpha value is -1.81. The van der Waals surface area contributed by atoms with Crippen LogP contribution in [0.5, 0.6) is 0 Å². The van der Waals surface area contributed by atoms with Crippen molar-refractivity contribution in [3.63, 3.8) is 0 Å². The van der Waals surface area contributed by atoms with E-state index in [4.69, 9.17) is 5.73 Å². The van der Waals surface area contributed by atoms with Gasteiger partial charge in [0, 0.05) is 17.1 Å². The zero-order valence-electron chi connectivity index (χ0n) is 11.8. The first-order valence-electron chi connectivity index (χ1n) is 6.30. The van der Waals surface area contributed by atoms with Crippen molar-refractivity contribution in [3.05, 3.63) is 57.6 Å². The average Bonchev–Trinajstić information content (AvgIpc) is 2.40. The van der Waals surface area contributed by atoms with E-state index in [2.05, 4.69) is 15.9 Å². The molecule has 20 heavy (non-hydrogen) atoms. The van der Waals surface area contributed by atoms with Crippen LogP contribution in [0.1, 0.15) is 21.5 Å². The molecule has 2 rings (SSSR count). The Morgan fingerprint density at radius 2 is 1.85 bits per heavy atom. The molecule has 0 aliphatic heterocycles.